The minimum atomic E-state index is -0.595. The van der Waals surface area contributed by atoms with Crippen LogP contribution in [-0.4, -0.2) is 51.3 Å². The van der Waals surface area contributed by atoms with Crippen molar-refractivity contribution in [1.82, 2.24) is 4.90 Å². The summed E-state index contributed by atoms with van der Waals surface area (Å²) >= 11 is 7.30. The quantitative estimate of drug-likeness (QED) is 0.246. The highest BCUT2D eigenvalue weighted by molar-refractivity contribution is 9.12. The van der Waals surface area contributed by atoms with Crippen LogP contribution < -0.4 is 0 Å². The fourth-order valence-corrected chi connectivity index (χ4v) is 6.75. The predicted molar refractivity (Wildman–Crippen MR) is 112 cm³/mol. The molecule has 2 saturated carbocycles. The molecule has 1 saturated heterocycles. The number of aryl methyl sites for hydroxylation is 1. The number of hydrogen-bond acceptors (Lipinski definition) is 5. The van der Waals surface area contributed by atoms with Gasteiger partial charge in [0.15, 0.2) is 12.4 Å². The summed E-state index contributed by atoms with van der Waals surface area (Å²) in [6, 6.07) is 7.01. The van der Waals surface area contributed by atoms with Gasteiger partial charge in [-0.1, -0.05) is 61.7 Å². The lowest BCUT2D eigenvalue weighted by Gasteiger charge is -2.28. The molecule has 0 radical (unpaired) electrons. The van der Waals surface area contributed by atoms with Crippen LogP contribution in [0.1, 0.15) is 28.8 Å². The smallest absolute Gasteiger partial charge is 0.308 e. The standard InChI is InChI=1S/C21H21Br2NO5/c1-10-2-4-11(5-3-10)14(25)9-29-15(26)6-7-24-20(27)16-12-8-13(17(16)21(24)28)19(23)18(12)22/h2-5,12-13,16-19H,6-9H2,1H3/t12-,13-,16-,17+,18-,19+/m0/s1. The number of amides is 2. The number of nitrogens with zero attached hydrogens (tertiary/aromatic N) is 1. The molecule has 3 fully saturated rings. The normalized spacial score (nSPS) is 32.6. The Bertz CT molecular complexity index is 838. The van der Waals surface area contributed by atoms with E-state index in [2.05, 4.69) is 31.9 Å². The molecular formula is C21H21Br2NO5. The molecule has 3 aliphatic rings. The molecule has 1 aromatic carbocycles. The average molecular weight is 527 g/mol. The SMILES string of the molecule is Cc1ccc(C(=O)COC(=O)CCN2C(=O)[C@@H]3[C@@H]4C[C@H]([C@H](Br)[C@@H]4Br)[C@@H]3C2=O)cc1. The number of esters is 1. The fraction of sp³-hybridized carbons (Fsp3) is 0.524. The minimum Gasteiger partial charge on any atom is -0.457 e. The van der Waals surface area contributed by atoms with Crippen molar-refractivity contribution in [2.45, 2.75) is 29.4 Å². The van der Waals surface area contributed by atoms with Crippen LogP contribution in [0, 0.1) is 30.6 Å². The van der Waals surface area contributed by atoms with Gasteiger partial charge in [0.25, 0.3) is 0 Å². The molecule has 2 aliphatic carbocycles. The summed E-state index contributed by atoms with van der Waals surface area (Å²) in [5.41, 5.74) is 1.51. The molecule has 0 N–H and O–H groups in total. The van der Waals surface area contributed by atoms with Crippen LogP contribution in [0.4, 0.5) is 0 Å². The fourth-order valence-electron chi connectivity index (χ4n) is 4.88. The average Bonchev–Trinajstić information content (AvgIpc) is 3.30. The van der Waals surface area contributed by atoms with Crippen LogP contribution in [0.25, 0.3) is 0 Å². The highest BCUT2D eigenvalue weighted by Crippen LogP contribution is 2.60. The molecule has 4 rings (SSSR count). The minimum absolute atomic E-state index is 0.00155. The summed E-state index contributed by atoms with van der Waals surface area (Å²) < 4.78 is 5.05. The molecule has 154 valence electrons. The molecule has 2 amide bonds. The van der Waals surface area contributed by atoms with E-state index < -0.39 is 5.97 Å². The topological polar surface area (TPSA) is 80.8 Å². The first kappa shape index (κ1) is 20.7. The van der Waals surface area contributed by atoms with E-state index in [1.807, 2.05) is 19.1 Å². The number of alkyl halides is 2. The van der Waals surface area contributed by atoms with Crippen LogP contribution in [0.5, 0.6) is 0 Å². The molecule has 0 spiro atoms. The highest BCUT2D eigenvalue weighted by atomic mass is 79.9. The van der Waals surface area contributed by atoms with Crippen molar-refractivity contribution in [2.24, 2.45) is 23.7 Å². The number of benzene rings is 1. The summed E-state index contributed by atoms with van der Waals surface area (Å²) in [5.74, 6) is -1.52. The van der Waals surface area contributed by atoms with E-state index in [4.69, 9.17) is 4.74 Å². The first-order chi connectivity index (χ1) is 13.8. The zero-order valence-electron chi connectivity index (χ0n) is 15.8. The number of Topliss-reactive ketones (excluding diaryl/α,β-unsaturated/α-hetero) is 1. The lowest BCUT2D eigenvalue weighted by Crippen LogP contribution is -2.37. The van der Waals surface area contributed by atoms with Crippen molar-refractivity contribution in [3.63, 3.8) is 0 Å². The second-order valence-electron chi connectivity index (χ2n) is 8.03. The molecule has 1 aromatic rings. The van der Waals surface area contributed by atoms with E-state index in [-0.39, 0.29) is 70.5 Å². The molecule has 0 unspecified atom stereocenters. The van der Waals surface area contributed by atoms with Crippen LogP contribution in [0.15, 0.2) is 24.3 Å². The summed E-state index contributed by atoms with van der Waals surface area (Å²) in [4.78, 5) is 51.3. The molecule has 1 heterocycles. The lowest BCUT2D eigenvalue weighted by atomic mass is 9.81. The molecule has 6 nitrogen and oxygen atoms in total. The van der Waals surface area contributed by atoms with Crippen LogP contribution in [0.3, 0.4) is 0 Å². The maximum atomic E-state index is 12.8. The van der Waals surface area contributed by atoms with Gasteiger partial charge in [0.1, 0.15) is 0 Å². The van der Waals surface area contributed by atoms with Gasteiger partial charge in [-0.05, 0) is 25.2 Å². The number of hydrogen-bond donors (Lipinski definition) is 0. The molecule has 29 heavy (non-hydrogen) atoms. The number of ketones is 1. The van der Waals surface area contributed by atoms with Gasteiger partial charge in [-0.2, -0.15) is 0 Å². The molecular weight excluding hydrogens is 506 g/mol. The van der Waals surface area contributed by atoms with Crippen molar-refractivity contribution in [2.75, 3.05) is 13.2 Å². The number of rotatable bonds is 6. The first-order valence-electron chi connectivity index (χ1n) is 9.68. The largest absolute Gasteiger partial charge is 0.457 e. The van der Waals surface area contributed by atoms with Crippen LogP contribution in [0.2, 0.25) is 0 Å². The van der Waals surface area contributed by atoms with Crippen molar-refractivity contribution in [3.05, 3.63) is 35.4 Å². The van der Waals surface area contributed by atoms with E-state index in [0.29, 0.717) is 5.56 Å². The zero-order chi connectivity index (χ0) is 20.9. The number of carbonyl (C=O) groups excluding carboxylic acids is 4. The Morgan fingerprint density at radius 1 is 1.03 bits per heavy atom. The van der Waals surface area contributed by atoms with Gasteiger partial charge in [0.05, 0.1) is 18.3 Å². The number of halogens is 2. The van der Waals surface area contributed by atoms with Gasteiger partial charge >= 0.3 is 5.97 Å². The van der Waals surface area contributed by atoms with E-state index in [1.165, 1.54) is 4.90 Å². The van der Waals surface area contributed by atoms with Crippen molar-refractivity contribution >= 4 is 55.4 Å². The summed E-state index contributed by atoms with van der Waals surface area (Å²) in [6.45, 7) is 1.57. The second-order valence-corrected chi connectivity index (χ2v) is 10.1. The molecule has 6 atom stereocenters. The number of likely N-dealkylation sites (tertiary alicyclic amines) is 1. The molecule has 8 heteroatoms. The third kappa shape index (κ3) is 3.58. The van der Waals surface area contributed by atoms with Crippen LogP contribution >= 0.6 is 31.9 Å². The third-order valence-corrected chi connectivity index (χ3v) is 9.56. The van der Waals surface area contributed by atoms with Crippen molar-refractivity contribution in [1.29, 1.82) is 0 Å². The highest BCUT2D eigenvalue weighted by Gasteiger charge is 2.66. The Kier molecular flexibility index (Phi) is 5.68. The Labute approximate surface area is 185 Å². The Morgan fingerprint density at radius 3 is 2.14 bits per heavy atom. The van der Waals surface area contributed by atoms with E-state index in [0.717, 1.165) is 12.0 Å². The second kappa shape index (κ2) is 7.95. The molecule has 1 aliphatic heterocycles. The van der Waals surface area contributed by atoms with Crippen molar-refractivity contribution < 1.29 is 23.9 Å². The third-order valence-electron chi connectivity index (χ3n) is 6.36. The number of ether oxygens (including phenoxy) is 1. The Morgan fingerprint density at radius 2 is 1.59 bits per heavy atom. The first-order valence-corrected chi connectivity index (χ1v) is 11.5. The summed E-state index contributed by atoms with van der Waals surface area (Å²) in [6.07, 6.45) is 0.762. The van der Waals surface area contributed by atoms with Gasteiger partial charge in [0.2, 0.25) is 11.8 Å². The summed E-state index contributed by atoms with van der Waals surface area (Å²) in [5, 5.41) is 0. The monoisotopic (exact) mass is 525 g/mol. The summed E-state index contributed by atoms with van der Waals surface area (Å²) in [7, 11) is 0. The molecule has 2 bridgehead atoms. The van der Waals surface area contributed by atoms with Crippen molar-refractivity contribution in [3.8, 4) is 0 Å². The number of imide groups is 1. The molecule has 0 aromatic heterocycles. The number of fused-ring (bicyclic) bond motifs is 5. The van der Waals surface area contributed by atoms with Gasteiger partial charge in [-0.3, -0.25) is 24.1 Å². The lowest BCUT2D eigenvalue weighted by molar-refractivity contribution is -0.145. The predicted octanol–water partition coefficient (Wildman–Crippen LogP) is 2.89. The van der Waals surface area contributed by atoms with E-state index in [1.54, 1.807) is 12.1 Å². The van der Waals surface area contributed by atoms with Gasteiger partial charge < -0.3 is 4.74 Å². The van der Waals surface area contributed by atoms with Crippen LogP contribution in [-0.2, 0) is 19.1 Å². The van der Waals surface area contributed by atoms with Gasteiger partial charge in [0, 0.05) is 21.8 Å². The van der Waals surface area contributed by atoms with Gasteiger partial charge in [-0.15, -0.1) is 0 Å². The number of carbonyl (C=O) groups is 4. The van der Waals surface area contributed by atoms with E-state index >= 15 is 0 Å². The Balaban J connectivity index is 1.30. The van der Waals surface area contributed by atoms with Gasteiger partial charge in [-0.25, -0.2) is 0 Å². The Hall–Kier alpha value is -1.54. The maximum absolute atomic E-state index is 12.8. The zero-order valence-corrected chi connectivity index (χ0v) is 19.0. The maximum Gasteiger partial charge on any atom is 0.308 e. The van der Waals surface area contributed by atoms with E-state index in [9.17, 15) is 19.2 Å².